The lowest BCUT2D eigenvalue weighted by atomic mass is 10.0. The van der Waals surface area contributed by atoms with Crippen molar-refractivity contribution in [3.05, 3.63) is 35.9 Å². The first-order valence-electron chi connectivity index (χ1n) is 8.15. The Morgan fingerprint density at radius 3 is 2.57 bits per heavy atom. The molecule has 1 aromatic carbocycles. The van der Waals surface area contributed by atoms with Crippen LogP contribution >= 0.6 is 0 Å². The maximum absolute atomic E-state index is 10.4. The fraction of sp³-hybridized carbons (Fsp3) is 0.611. The predicted molar refractivity (Wildman–Crippen MR) is 87.5 cm³/mol. The average molecular weight is 291 g/mol. The number of aryl methyl sites for hydroxylation is 1. The van der Waals surface area contributed by atoms with Crippen LogP contribution in [0, 0.1) is 5.92 Å². The molecule has 0 heterocycles. The van der Waals surface area contributed by atoms with Gasteiger partial charge in [0, 0.05) is 6.42 Å². The Hall–Kier alpha value is -1.35. The Labute approximate surface area is 128 Å². The van der Waals surface area contributed by atoms with Crippen molar-refractivity contribution < 1.29 is 9.90 Å². The van der Waals surface area contributed by atoms with Gasteiger partial charge >= 0.3 is 5.97 Å². The first-order chi connectivity index (χ1) is 10.2. The minimum atomic E-state index is -0.680. The summed E-state index contributed by atoms with van der Waals surface area (Å²) in [4.78, 5) is 10.4. The zero-order chi connectivity index (χ0) is 15.3. The minimum absolute atomic E-state index is 0.309. The summed E-state index contributed by atoms with van der Waals surface area (Å²) in [5, 5.41) is 12.0. The molecule has 0 aliphatic carbocycles. The van der Waals surface area contributed by atoms with Crippen molar-refractivity contribution in [2.24, 2.45) is 5.92 Å². The number of unbranched alkanes of at least 4 members (excludes halogenated alkanes) is 3. The van der Waals surface area contributed by atoms with E-state index in [4.69, 9.17) is 5.11 Å². The average Bonchev–Trinajstić information content (AvgIpc) is 2.48. The van der Waals surface area contributed by atoms with E-state index >= 15 is 0 Å². The highest BCUT2D eigenvalue weighted by Gasteiger charge is 2.02. The third-order valence-electron chi connectivity index (χ3n) is 3.76. The quantitative estimate of drug-likeness (QED) is 0.575. The number of hydrogen-bond acceptors (Lipinski definition) is 2. The molecule has 21 heavy (non-hydrogen) atoms. The SMILES string of the molecule is C[C@H](CCc1ccccc1)CNCCCCCCC(=O)O. The van der Waals surface area contributed by atoms with Gasteiger partial charge in [-0.05, 0) is 50.3 Å². The normalized spacial score (nSPS) is 12.2. The van der Waals surface area contributed by atoms with Crippen LogP contribution in [0.1, 0.15) is 51.0 Å². The van der Waals surface area contributed by atoms with E-state index in [1.165, 1.54) is 12.0 Å². The molecule has 0 radical (unpaired) electrons. The van der Waals surface area contributed by atoms with Crippen LogP contribution in [0.3, 0.4) is 0 Å². The van der Waals surface area contributed by atoms with Crippen LogP contribution in [0.5, 0.6) is 0 Å². The van der Waals surface area contributed by atoms with Crippen molar-refractivity contribution in [3.8, 4) is 0 Å². The maximum Gasteiger partial charge on any atom is 0.303 e. The van der Waals surface area contributed by atoms with E-state index in [0.29, 0.717) is 12.3 Å². The summed E-state index contributed by atoms with van der Waals surface area (Å²) in [5.41, 5.74) is 1.42. The van der Waals surface area contributed by atoms with E-state index in [2.05, 4.69) is 42.6 Å². The Morgan fingerprint density at radius 1 is 1.14 bits per heavy atom. The van der Waals surface area contributed by atoms with Gasteiger partial charge in [0.05, 0.1) is 0 Å². The third-order valence-corrected chi connectivity index (χ3v) is 3.76. The number of nitrogens with one attached hydrogen (secondary N) is 1. The molecule has 118 valence electrons. The highest BCUT2D eigenvalue weighted by molar-refractivity contribution is 5.66. The number of carboxylic acid groups (broad SMARTS) is 1. The smallest absolute Gasteiger partial charge is 0.303 e. The molecule has 0 unspecified atom stereocenters. The summed E-state index contributed by atoms with van der Waals surface area (Å²) in [6, 6.07) is 10.6. The highest BCUT2D eigenvalue weighted by atomic mass is 16.4. The molecular weight excluding hydrogens is 262 g/mol. The molecule has 1 rings (SSSR count). The van der Waals surface area contributed by atoms with Gasteiger partial charge in [0.15, 0.2) is 0 Å². The van der Waals surface area contributed by atoms with Crippen molar-refractivity contribution in [2.75, 3.05) is 13.1 Å². The Morgan fingerprint density at radius 2 is 1.86 bits per heavy atom. The van der Waals surface area contributed by atoms with Crippen LogP contribution in [-0.2, 0) is 11.2 Å². The Balaban J connectivity index is 1.91. The molecule has 0 saturated carbocycles. The molecule has 3 nitrogen and oxygen atoms in total. The molecule has 0 aliphatic rings. The second-order valence-electron chi connectivity index (χ2n) is 5.89. The first kappa shape index (κ1) is 17.7. The Kier molecular flexibility index (Phi) is 9.55. The maximum atomic E-state index is 10.4. The van der Waals surface area contributed by atoms with E-state index in [1.54, 1.807) is 0 Å². The molecule has 3 heteroatoms. The van der Waals surface area contributed by atoms with Gasteiger partial charge in [-0.25, -0.2) is 0 Å². The molecule has 0 spiro atoms. The molecule has 1 aromatic rings. The molecule has 0 fully saturated rings. The van der Waals surface area contributed by atoms with Crippen LogP contribution in [0.2, 0.25) is 0 Å². The molecule has 0 aliphatic heterocycles. The summed E-state index contributed by atoms with van der Waals surface area (Å²) in [7, 11) is 0. The number of hydrogen-bond donors (Lipinski definition) is 2. The zero-order valence-electron chi connectivity index (χ0n) is 13.2. The third kappa shape index (κ3) is 10.1. The summed E-state index contributed by atoms with van der Waals surface area (Å²) in [5.74, 6) is 0.0117. The van der Waals surface area contributed by atoms with Gasteiger partial charge in [0.25, 0.3) is 0 Å². The van der Waals surface area contributed by atoms with Crippen LogP contribution in [0.4, 0.5) is 0 Å². The van der Waals surface area contributed by atoms with Gasteiger partial charge in [-0.1, -0.05) is 50.1 Å². The van der Waals surface area contributed by atoms with Gasteiger partial charge in [-0.15, -0.1) is 0 Å². The van der Waals surface area contributed by atoms with Crippen LogP contribution < -0.4 is 5.32 Å². The van der Waals surface area contributed by atoms with Gasteiger partial charge in [0.1, 0.15) is 0 Å². The predicted octanol–water partition coefficient (Wildman–Crippen LogP) is 3.88. The molecular formula is C18H29NO2. The van der Waals surface area contributed by atoms with Gasteiger partial charge in [-0.3, -0.25) is 4.79 Å². The zero-order valence-corrected chi connectivity index (χ0v) is 13.2. The second kappa shape index (κ2) is 11.3. The molecule has 0 amide bonds. The fourth-order valence-corrected chi connectivity index (χ4v) is 2.39. The van der Waals surface area contributed by atoms with Crippen LogP contribution in [-0.4, -0.2) is 24.2 Å². The minimum Gasteiger partial charge on any atom is -0.481 e. The molecule has 2 N–H and O–H groups in total. The van der Waals surface area contributed by atoms with Crippen molar-refractivity contribution in [3.63, 3.8) is 0 Å². The molecule has 0 aromatic heterocycles. The lowest BCUT2D eigenvalue weighted by Gasteiger charge is -2.12. The van der Waals surface area contributed by atoms with Crippen LogP contribution in [0.15, 0.2) is 30.3 Å². The standard InChI is InChI=1S/C18H29NO2/c1-16(12-13-17-9-5-4-6-10-17)15-19-14-8-3-2-7-11-18(20)21/h4-6,9-10,16,19H,2-3,7-8,11-15H2,1H3,(H,20,21)/t16-/m1/s1. The Bertz CT molecular complexity index is 378. The molecule has 0 saturated heterocycles. The summed E-state index contributed by atoms with van der Waals surface area (Å²) in [6.45, 7) is 4.41. The van der Waals surface area contributed by atoms with Gasteiger partial charge in [0.2, 0.25) is 0 Å². The van der Waals surface area contributed by atoms with Crippen molar-refractivity contribution in [2.45, 2.75) is 51.9 Å². The van der Waals surface area contributed by atoms with Gasteiger partial charge in [-0.2, -0.15) is 0 Å². The second-order valence-corrected chi connectivity index (χ2v) is 5.89. The highest BCUT2D eigenvalue weighted by Crippen LogP contribution is 2.09. The molecule has 0 bridgehead atoms. The number of rotatable bonds is 12. The number of carbonyl (C=O) groups is 1. The lowest BCUT2D eigenvalue weighted by Crippen LogP contribution is -2.22. The number of carboxylic acids is 1. The summed E-state index contributed by atoms with van der Waals surface area (Å²) < 4.78 is 0. The van der Waals surface area contributed by atoms with E-state index in [-0.39, 0.29) is 0 Å². The number of benzene rings is 1. The summed E-state index contributed by atoms with van der Waals surface area (Å²) in [6.07, 6.45) is 6.78. The number of aliphatic carboxylic acids is 1. The first-order valence-corrected chi connectivity index (χ1v) is 8.15. The molecule has 1 atom stereocenters. The monoisotopic (exact) mass is 291 g/mol. The van der Waals surface area contributed by atoms with Crippen molar-refractivity contribution in [1.82, 2.24) is 5.32 Å². The van der Waals surface area contributed by atoms with E-state index in [0.717, 1.165) is 45.2 Å². The van der Waals surface area contributed by atoms with Crippen molar-refractivity contribution >= 4 is 5.97 Å². The topological polar surface area (TPSA) is 49.3 Å². The van der Waals surface area contributed by atoms with Crippen molar-refractivity contribution in [1.29, 1.82) is 0 Å². The lowest BCUT2D eigenvalue weighted by molar-refractivity contribution is -0.137. The van der Waals surface area contributed by atoms with E-state index < -0.39 is 5.97 Å². The van der Waals surface area contributed by atoms with Gasteiger partial charge < -0.3 is 10.4 Å². The fourth-order valence-electron chi connectivity index (χ4n) is 2.39. The van der Waals surface area contributed by atoms with Crippen LogP contribution in [0.25, 0.3) is 0 Å². The van der Waals surface area contributed by atoms with E-state index in [9.17, 15) is 4.79 Å². The largest absolute Gasteiger partial charge is 0.481 e. The summed E-state index contributed by atoms with van der Waals surface area (Å²) >= 11 is 0. The van der Waals surface area contributed by atoms with E-state index in [1.807, 2.05) is 0 Å².